The van der Waals surface area contributed by atoms with Crippen LogP contribution in [0.25, 0.3) is 5.69 Å². The zero-order valence-corrected chi connectivity index (χ0v) is 18.8. The van der Waals surface area contributed by atoms with Crippen LogP contribution in [0.4, 0.5) is 0 Å². The topological polar surface area (TPSA) is 75.5 Å². The zero-order chi connectivity index (χ0) is 21.0. The molecule has 0 saturated carbocycles. The van der Waals surface area contributed by atoms with Crippen molar-refractivity contribution in [3.63, 3.8) is 0 Å². The number of imidazole rings is 1. The SMILES string of the molecule is Cc1cccc(-n2ccnc2SCC(=O)N2CCN(CCS(C)(=O)=O)CC2)c1C. The molecule has 158 valence electrons. The van der Waals surface area contributed by atoms with E-state index in [0.29, 0.717) is 38.5 Å². The second-order valence-corrected chi connectivity index (χ2v) is 10.6. The Balaban J connectivity index is 1.54. The van der Waals surface area contributed by atoms with E-state index in [-0.39, 0.29) is 11.7 Å². The maximum atomic E-state index is 12.6. The molecule has 9 heteroatoms. The summed E-state index contributed by atoms with van der Waals surface area (Å²) in [6.45, 7) is 7.40. The highest BCUT2D eigenvalue weighted by atomic mass is 32.2. The second-order valence-electron chi connectivity index (χ2n) is 7.44. The molecule has 29 heavy (non-hydrogen) atoms. The molecule has 0 bridgehead atoms. The molecule has 1 amide bonds. The van der Waals surface area contributed by atoms with Crippen molar-refractivity contribution in [2.45, 2.75) is 19.0 Å². The highest BCUT2D eigenvalue weighted by Crippen LogP contribution is 2.24. The van der Waals surface area contributed by atoms with Gasteiger partial charge in [0, 0.05) is 51.4 Å². The molecule has 0 aliphatic carbocycles. The van der Waals surface area contributed by atoms with Crippen LogP contribution >= 0.6 is 11.8 Å². The van der Waals surface area contributed by atoms with Gasteiger partial charge < -0.3 is 4.90 Å². The van der Waals surface area contributed by atoms with Crippen molar-refractivity contribution in [1.82, 2.24) is 19.4 Å². The predicted octanol–water partition coefficient (Wildman–Crippen LogP) is 1.77. The number of benzene rings is 1. The number of piperazine rings is 1. The number of sulfone groups is 1. The number of rotatable bonds is 7. The fourth-order valence-electron chi connectivity index (χ4n) is 3.31. The van der Waals surface area contributed by atoms with Gasteiger partial charge in [0.2, 0.25) is 5.91 Å². The summed E-state index contributed by atoms with van der Waals surface area (Å²) in [5.74, 6) is 0.594. The number of thioether (sulfide) groups is 1. The van der Waals surface area contributed by atoms with E-state index in [1.54, 1.807) is 6.20 Å². The van der Waals surface area contributed by atoms with Gasteiger partial charge in [0.05, 0.1) is 17.2 Å². The molecule has 0 unspecified atom stereocenters. The first-order chi connectivity index (χ1) is 13.7. The molecule has 0 radical (unpaired) electrons. The summed E-state index contributed by atoms with van der Waals surface area (Å²) < 4.78 is 24.7. The fraction of sp³-hybridized carbons (Fsp3) is 0.500. The smallest absolute Gasteiger partial charge is 0.233 e. The van der Waals surface area contributed by atoms with Crippen LogP contribution in [-0.2, 0) is 14.6 Å². The van der Waals surface area contributed by atoms with Gasteiger partial charge in [-0.1, -0.05) is 23.9 Å². The molecule has 1 fully saturated rings. The molecule has 7 nitrogen and oxygen atoms in total. The van der Waals surface area contributed by atoms with Crippen LogP contribution in [0, 0.1) is 13.8 Å². The number of hydrogen-bond donors (Lipinski definition) is 0. The van der Waals surface area contributed by atoms with Crippen molar-refractivity contribution >= 4 is 27.5 Å². The van der Waals surface area contributed by atoms with E-state index >= 15 is 0 Å². The Morgan fingerprint density at radius 1 is 1.17 bits per heavy atom. The molecule has 2 aromatic rings. The first kappa shape index (κ1) is 21.9. The summed E-state index contributed by atoms with van der Waals surface area (Å²) in [5, 5.41) is 0.804. The van der Waals surface area contributed by atoms with Crippen LogP contribution in [0.3, 0.4) is 0 Å². The average molecular weight is 437 g/mol. The molecular weight excluding hydrogens is 408 g/mol. The summed E-state index contributed by atoms with van der Waals surface area (Å²) in [4.78, 5) is 21.0. The summed E-state index contributed by atoms with van der Waals surface area (Å²) in [6.07, 6.45) is 4.94. The zero-order valence-electron chi connectivity index (χ0n) is 17.2. The maximum Gasteiger partial charge on any atom is 0.233 e. The van der Waals surface area contributed by atoms with Crippen LogP contribution in [0.15, 0.2) is 35.7 Å². The predicted molar refractivity (Wildman–Crippen MR) is 116 cm³/mol. The molecule has 0 spiro atoms. The monoisotopic (exact) mass is 436 g/mol. The van der Waals surface area contributed by atoms with E-state index < -0.39 is 9.84 Å². The minimum absolute atomic E-state index is 0.0910. The van der Waals surface area contributed by atoms with E-state index in [1.807, 2.05) is 21.7 Å². The minimum Gasteiger partial charge on any atom is -0.339 e. The third kappa shape index (κ3) is 5.83. The fourth-order valence-corrected chi connectivity index (χ4v) is 4.77. The lowest BCUT2D eigenvalue weighted by Crippen LogP contribution is -2.50. The number of hydrogen-bond acceptors (Lipinski definition) is 6. The summed E-state index contributed by atoms with van der Waals surface area (Å²) in [6, 6.07) is 6.17. The number of aryl methyl sites for hydroxylation is 1. The lowest BCUT2D eigenvalue weighted by molar-refractivity contribution is -0.130. The normalized spacial score (nSPS) is 15.6. The van der Waals surface area contributed by atoms with Crippen LogP contribution in [-0.4, -0.2) is 84.2 Å². The maximum absolute atomic E-state index is 12.6. The van der Waals surface area contributed by atoms with Gasteiger partial charge in [-0.25, -0.2) is 13.4 Å². The Morgan fingerprint density at radius 2 is 1.90 bits per heavy atom. The Kier molecular flexibility index (Phi) is 7.02. The highest BCUT2D eigenvalue weighted by Gasteiger charge is 2.22. The van der Waals surface area contributed by atoms with Gasteiger partial charge in [0.1, 0.15) is 9.84 Å². The van der Waals surface area contributed by atoms with Crippen molar-refractivity contribution in [3.8, 4) is 5.69 Å². The average Bonchev–Trinajstić information content (AvgIpc) is 3.15. The molecule has 3 rings (SSSR count). The molecule has 1 aromatic carbocycles. The molecule has 1 aromatic heterocycles. The summed E-state index contributed by atoms with van der Waals surface area (Å²) in [7, 11) is -2.95. The van der Waals surface area contributed by atoms with Gasteiger partial charge in [-0.2, -0.15) is 0 Å². The molecular formula is C20H28N4O3S2. The van der Waals surface area contributed by atoms with Gasteiger partial charge in [-0.3, -0.25) is 14.3 Å². The number of nitrogens with zero attached hydrogens (tertiary/aromatic N) is 4. The van der Waals surface area contributed by atoms with Crippen molar-refractivity contribution in [3.05, 3.63) is 41.7 Å². The second kappa shape index (κ2) is 9.32. The first-order valence-electron chi connectivity index (χ1n) is 9.65. The minimum atomic E-state index is -2.95. The number of amides is 1. The van der Waals surface area contributed by atoms with Crippen molar-refractivity contribution < 1.29 is 13.2 Å². The number of carbonyl (C=O) groups is 1. The third-order valence-electron chi connectivity index (χ3n) is 5.27. The quantitative estimate of drug-likeness (QED) is 0.616. The molecule has 1 aliphatic rings. The van der Waals surface area contributed by atoms with Crippen molar-refractivity contribution in [2.75, 3.05) is 50.5 Å². The summed E-state index contributed by atoms with van der Waals surface area (Å²) >= 11 is 1.45. The number of aromatic nitrogens is 2. The Hall–Kier alpha value is -1.84. The van der Waals surface area contributed by atoms with E-state index in [4.69, 9.17) is 0 Å². The number of carbonyl (C=O) groups excluding carboxylic acids is 1. The van der Waals surface area contributed by atoms with Crippen molar-refractivity contribution in [2.24, 2.45) is 0 Å². The third-order valence-corrected chi connectivity index (χ3v) is 7.15. The van der Waals surface area contributed by atoms with E-state index in [1.165, 1.54) is 29.1 Å². The molecule has 1 aliphatic heterocycles. The Bertz CT molecular complexity index is 964. The molecule has 2 heterocycles. The van der Waals surface area contributed by atoms with Gasteiger partial charge >= 0.3 is 0 Å². The van der Waals surface area contributed by atoms with E-state index in [2.05, 4.69) is 35.9 Å². The molecule has 0 atom stereocenters. The van der Waals surface area contributed by atoms with Gasteiger partial charge in [-0.15, -0.1) is 0 Å². The van der Waals surface area contributed by atoms with Crippen LogP contribution < -0.4 is 0 Å². The van der Waals surface area contributed by atoms with Crippen molar-refractivity contribution in [1.29, 1.82) is 0 Å². The highest BCUT2D eigenvalue weighted by molar-refractivity contribution is 7.99. The van der Waals surface area contributed by atoms with Gasteiger partial charge in [0.25, 0.3) is 0 Å². The Labute approximate surface area is 177 Å². The molecule has 1 saturated heterocycles. The Morgan fingerprint density at radius 3 is 2.59 bits per heavy atom. The van der Waals surface area contributed by atoms with Crippen LogP contribution in [0.5, 0.6) is 0 Å². The largest absolute Gasteiger partial charge is 0.339 e. The van der Waals surface area contributed by atoms with E-state index in [9.17, 15) is 13.2 Å². The van der Waals surface area contributed by atoms with Crippen LogP contribution in [0.1, 0.15) is 11.1 Å². The summed E-state index contributed by atoms with van der Waals surface area (Å²) in [5.41, 5.74) is 3.50. The van der Waals surface area contributed by atoms with Crippen LogP contribution in [0.2, 0.25) is 0 Å². The standard InChI is InChI=1S/C20H28N4O3S2/c1-16-5-4-6-18(17(16)2)24-8-7-21-20(24)28-15-19(25)23-11-9-22(10-12-23)13-14-29(3,26)27/h4-8H,9-15H2,1-3H3. The van der Waals surface area contributed by atoms with E-state index in [0.717, 1.165) is 10.8 Å². The lowest BCUT2D eigenvalue weighted by Gasteiger charge is -2.34. The van der Waals surface area contributed by atoms with Gasteiger partial charge in [-0.05, 0) is 31.0 Å². The lowest BCUT2D eigenvalue weighted by atomic mass is 10.1. The van der Waals surface area contributed by atoms with Gasteiger partial charge in [0.15, 0.2) is 5.16 Å². The molecule has 0 N–H and O–H groups in total. The first-order valence-corrected chi connectivity index (χ1v) is 12.7.